The van der Waals surface area contributed by atoms with E-state index in [1.807, 2.05) is 0 Å². The molecule has 0 saturated carbocycles. The number of nitrogens with two attached hydrogens (primary N) is 1. The quantitative estimate of drug-likeness (QED) is 0.752. The molecule has 0 radical (unpaired) electrons. The third-order valence-electron chi connectivity index (χ3n) is 2.64. The van der Waals surface area contributed by atoms with E-state index in [1.54, 1.807) is 12.1 Å². The molecule has 1 saturated heterocycles. The van der Waals surface area contributed by atoms with E-state index >= 15 is 0 Å². The number of halogens is 2. The summed E-state index contributed by atoms with van der Waals surface area (Å²) < 4.78 is 23.6. The van der Waals surface area contributed by atoms with Crippen molar-refractivity contribution in [2.45, 2.75) is 11.7 Å². The van der Waals surface area contributed by atoms with Crippen LogP contribution in [0.15, 0.2) is 21.3 Å². The molecule has 2 rings (SSSR count). The number of sulfonamides is 1. The topological polar surface area (TPSA) is 93.4 Å². The van der Waals surface area contributed by atoms with Gasteiger partial charge in [0, 0.05) is 13.0 Å². The van der Waals surface area contributed by atoms with Gasteiger partial charge in [0.15, 0.2) is 0 Å². The van der Waals surface area contributed by atoms with Crippen LogP contribution in [0.2, 0.25) is 0 Å². The van der Waals surface area contributed by atoms with Gasteiger partial charge in [0.1, 0.15) is 14.5 Å². The molecule has 0 aromatic carbocycles. The average molecular weight is 399 g/mol. The van der Waals surface area contributed by atoms with Crippen LogP contribution >= 0.6 is 31.9 Å². The molecule has 0 aliphatic carbocycles. The Balaban J connectivity index is 2.33. The second-order valence-electron chi connectivity index (χ2n) is 3.86. The Hall–Kier alpha value is -0.510. The maximum atomic E-state index is 11.8. The Morgan fingerprint density at radius 3 is 2.56 bits per heavy atom. The van der Waals surface area contributed by atoms with E-state index in [0.29, 0.717) is 14.9 Å². The van der Waals surface area contributed by atoms with Gasteiger partial charge >= 0.3 is 0 Å². The van der Waals surface area contributed by atoms with Crippen molar-refractivity contribution in [3.8, 4) is 0 Å². The molecule has 6 nitrogen and oxygen atoms in total. The second-order valence-corrected chi connectivity index (χ2v) is 7.27. The van der Waals surface area contributed by atoms with Gasteiger partial charge in [-0.1, -0.05) is 0 Å². The minimum atomic E-state index is -3.70. The van der Waals surface area contributed by atoms with Gasteiger partial charge in [-0.25, -0.2) is 18.5 Å². The zero-order valence-electron chi connectivity index (χ0n) is 9.01. The monoisotopic (exact) mass is 397 g/mol. The van der Waals surface area contributed by atoms with Crippen LogP contribution in [0.25, 0.3) is 0 Å². The van der Waals surface area contributed by atoms with Crippen LogP contribution in [0.4, 0.5) is 5.69 Å². The maximum Gasteiger partial charge on any atom is 0.228 e. The highest BCUT2D eigenvalue weighted by Crippen LogP contribution is 2.30. The number of carbonyl (C=O) groups excluding carboxylic acids is 1. The Morgan fingerprint density at radius 1 is 1.39 bits per heavy atom. The van der Waals surface area contributed by atoms with Gasteiger partial charge < -0.3 is 4.90 Å². The van der Waals surface area contributed by atoms with E-state index in [4.69, 9.17) is 5.14 Å². The number of primary sulfonamides is 1. The second kappa shape index (κ2) is 4.87. The highest BCUT2D eigenvalue weighted by atomic mass is 79.9. The van der Waals surface area contributed by atoms with Crippen LogP contribution in [0.5, 0.6) is 0 Å². The van der Waals surface area contributed by atoms with E-state index in [-0.39, 0.29) is 18.9 Å². The highest BCUT2D eigenvalue weighted by Gasteiger charge is 2.37. The van der Waals surface area contributed by atoms with E-state index in [0.717, 1.165) is 0 Å². The van der Waals surface area contributed by atoms with E-state index in [1.165, 1.54) is 4.90 Å². The molecule has 9 heteroatoms. The molecule has 2 heterocycles. The molecule has 0 bridgehead atoms. The molecule has 1 atom stereocenters. The van der Waals surface area contributed by atoms with Crippen LogP contribution in [0.1, 0.15) is 6.42 Å². The summed E-state index contributed by atoms with van der Waals surface area (Å²) in [5, 5.41) is 4.20. The largest absolute Gasteiger partial charge is 0.308 e. The zero-order valence-corrected chi connectivity index (χ0v) is 13.0. The first kappa shape index (κ1) is 13.9. The lowest BCUT2D eigenvalue weighted by Crippen LogP contribution is -2.32. The number of amides is 1. The number of hydrogen-bond acceptors (Lipinski definition) is 4. The standard InChI is InChI=1S/C9H9Br2N3O3S/c10-7-2-1-6(9(11)13-7)14-4-5(3-8(14)15)18(12,16)17/h1-2,5H,3-4H2,(H2,12,16,17). The third kappa shape index (κ3) is 2.73. The van der Waals surface area contributed by atoms with Crippen molar-refractivity contribution in [1.82, 2.24) is 4.98 Å². The van der Waals surface area contributed by atoms with Crippen LogP contribution in [0.3, 0.4) is 0 Å². The molecule has 1 aliphatic heterocycles. The molecule has 18 heavy (non-hydrogen) atoms. The Kier molecular flexibility index (Phi) is 3.77. The summed E-state index contributed by atoms with van der Waals surface area (Å²) in [6.07, 6.45) is -0.0959. The number of aromatic nitrogens is 1. The number of pyridine rings is 1. The summed E-state index contributed by atoms with van der Waals surface area (Å²) in [5.41, 5.74) is 0.536. The van der Waals surface area contributed by atoms with Crippen molar-refractivity contribution in [2.75, 3.05) is 11.4 Å². The predicted molar refractivity (Wildman–Crippen MR) is 73.5 cm³/mol. The van der Waals surface area contributed by atoms with Crippen molar-refractivity contribution in [2.24, 2.45) is 5.14 Å². The van der Waals surface area contributed by atoms with Crippen molar-refractivity contribution in [3.63, 3.8) is 0 Å². The lowest BCUT2D eigenvalue weighted by Gasteiger charge is -2.17. The Bertz CT molecular complexity index is 605. The Labute approximate surface area is 121 Å². The van der Waals surface area contributed by atoms with Crippen LogP contribution < -0.4 is 10.0 Å². The molecule has 1 aromatic heterocycles. The predicted octanol–water partition coefficient (Wildman–Crippen LogP) is 1.00. The van der Waals surface area contributed by atoms with Gasteiger partial charge in [-0.2, -0.15) is 0 Å². The highest BCUT2D eigenvalue weighted by molar-refractivity contribution is 9.11. The molecule has 2 N–H and O–H groups in total. The van der Waals surface area contributed by atoms with Crippen LogP contribution in [0, 0.1) is 0 Å². The SMILES string of the molecule is NS(=O)(=O)C1CC(=O)N(c2ccc(Br)nc2Br)C1. The van der Waals surface area contributed by atoms with Gasteiger partial charge in [0.2, 0.25) is 15.9 Å². The molecule has 0 spiro atoms. The lowest BCUT2D eigenvalue weighted by molar-refractivity contribution is -0.117. The first-order valence-electron chi connectivity index (χ1n) is 4.93. The molecule has 1 aromatic rings. The average Bonchev–Trinajstić information content (AvgIpc) is 2.60. The van der Waals surface area contributed by atoms with Crippen molar-refractivity contribution < 1.29 is 13.2 Å². The minimum Gasteiger partial charge on any atom is -0.308 e. The molecule has 1 aliphatic rings. The van der Waals surface area contributed by atoms with Crippen molar-refractivity contribution in [1.29, 1.82) is 0 Å². The molecule has 1 amide bonds. The van der Waals surface area contributed by atoms with Gasteiger partial charge in [0.25, 0.3) is 0 Å². The van der Waals surface area contributed by atoms with Crippen molar-refractivity contribution >= 4 is 53.5 Å². The Morgan fingerprint density at radius 2 is 2.06 bits per heavy atom. The van der Waals surface area contributed by atoms with Gasteiger partial charge in [-0.05, 0) is 44.0 Å². The first-order valence-corrected chi connectivity index (χ1v) is 8.12. The summed E-state index contributed by atoms with van der Waals surface area (Å²) >= 11 is 6.44. The fourth-order valence-corrected chi connectivity index (χ4v) is 3.55. The number of hydrogen-bond donors (Lipinski definition) is 1. The molecular formula is C9H9Br2N3O3S. The minimum absolute atomic E-state index is 0.0551. The number of nitrogens with zero attached hydrogens (tertiary/aromatic N) is 2. The van der Waals surface area contributed by atoms with E-state index < -0.39 is 15.3 Å². The van der Waals surface area contributed by atoms with Crippen LogP contribution in [-0.2, 0) is 14.8 Å². The summed E-state index contributed by atoms with van der Waals surface area (Å²) in [6.45, 7) is 0.0551. The summed E-state index contributed by atoms with van der Waals surface area (Å²) in [6, 6.07) is 3.36. The smallest absolute Gasteiger partial charge is 0.228 e. The summed E-state index contributed by atoms with van der Waals surface area (Å²) in [4.78, 5) is 17.3. The lowest BCUT2D eigenvalue weighted by atomic mass is 10.4. The molecule has 1 fully saturated rings. The summed E-state index contributed by atoms with van der Waals surface area (Å²) in [7, 11) is -3.70. The molecule has 1 unspecified atom stereocenters. The molecular weight excluding hydrogens is 390 g/mol. The van der Waals surface area contributed by atoms with Gasteiger partial charge in [0.05, 0.1) is 5.69 Å². The van der Waals surface area contributed by atoms with E-state index in [9.17, 15) is 13.2 Å². The van der Waals surface area contributed by atoms with E-state index in [2.05, 4.69) is 36.8 Å². The first-order chi connectivity index (χ1) is 8.29. The van der Waals surface area contributed by atoms with Gasteiger partial charge in [-0.3, -0.25) is 4.79 Å². The van der Waals surface area contributed by atoms with Crippen LogP contribution in [-0.4, -0.2) is 31.1 Å². The number of carbonyl (C=O) groups is 1. The maximum absolute atomic E-state index is 11.8. The zero-order chi connectivity index (χ0) is 13.5. The van der Waals surface area contributed by atoms with Crippen molar-refractivity contribution in [3.05, 3.63) is 21.3 Å². The summed E-state index contributed by atoms with van der Waals surface area (Å²) in [5.74, 6) is -0.279. The fraction of sp³-hybridized carbons (Fsp3) is 0.333. The van der Waals surface area contributed by atoms with Gasteiger partial charge in [-0.15, -0.1) is 0 Å². The number of rotatable bonds is 2. The fourth-order valence-electron chi connectivity index (χ4n) is 1.73. The normalized spacial score (nSPS) is 20.5. The molecule has 98 valence electrons. The number of anilines is 1. The third-order valence-corrected chi connectivity index (χ3v) is 4.91.